The summed E-state index contributed by atoms with van der Waals surface area (Å²) in [4.78, 5) is 35.9. The van der Waals surface area contributed by atoms with Crippen LogP contribution in [0, 0.1) is 6.92 Å². The predicted octanol–water partition coefficient (Wildman–Crippen LogP) is 4.39. The molecule has 0 spiro atoms. The van der Waals surface area contributed by atoms with Crippen molar-refractivity contribution in [3.63, 3.8) is 0 Å². The molecule has 1 aromatic carbocycles. The second kappa shape index (κ2) is 9.11. The Balaban J connectivity index is 1.58. The van der Waals surface area contributed by atoms with Gasteiger partial charge < -0.3 is 4.90 Å². The summed E-state index contributed by atoms with van der Waals surface area (Å²) < 4.78 is 2.07. The molecule has 0 unspecified atom stereocenters. The number of carbonyl (C=O) groups is 1. The van der Waals surface area contributed by atoms with E-state index >= 15 is 0 Å². The third-order valence-electron chi connectivity index (χ3n) is 5.97. The van der Waals surface area contributed by atoms with Gasteiger partial charge in [0.05, 0.1) is 17.0 Å². The van der Waals surface area contributed by atoms with E-state index in [2.05, 4.69) is 4.90 Å². The summed E-state index contributed by atoms with van der Waals surface area (Å²) in [6.07, 6.45) is 6.79. The van der Waals surface area contributed by atoms with E-state index in [1.807, 2.05) is 49.4 Å². The molecule has 0 radical (unpaired) electrons. The number of thiocarbonyl (C=S) groups is 1. The fourth-order valence-electron chi connectivity index (χ4n) is 4.25. The number of thioether (sulfide) groups is 1. The monoisotopic (exact) mass is 476 g/mol. The minimum Gasteiger partial charge on any atom is -0.356 e. The van der Waals surface area contributed by atoms with E-state index in [9.17, 15) is 9.59 Å². The molecule has 2 fully saturated rings. The van der Waals surface area contributed by atoms with Crippen molar-refractivity contribution in [2.75, 3.05) is 18.0 Å². The van der Waals surface area contributed by atoms with E-state index in [0.29, 0.717) is 32.8 Å². The lowest BCUT2D eigenvalue weighted by Gasteiger charge is -2.29. The second-order valence-electron chi connectivity index (χ2n) is 8.39. The molecule has 0 bridgehead atoms. The SMILES string of the molecule is Cc1ccc2nc(N3CCCCC3)c(/C=C3\SC(=S)N(Cc4ccccc4)C3=O)c(=O)n2c1. The van der Waals surface area contributed by atoms with Gasteiger partial charge in [0.2, 0.25) is 0 Å². The van der Waals surface area contributed by atoms with Gasteiger partial charge in [0, 0.05) is 19.3 Å². The van der Waals surface area contributed by atoms with Gasteiger partial charge in [-0.25, -0.2) is 4.98 Å². The molecular formula is C25H24N4O2S2. The molecule has 4 heterocycles. The summed E-state index contributed by atoms with van der Waals surface area (Å²) in [6.45, 7) is 4.06. The molecule has 2 aliphatic heterocycles. The van der Waals surface area contributed by atoms with Crippen molar-refractivity contribution in [3.05, 3.63) is 80.6 Å². The summed E-state index contributed by atoms with van der Waals surface area (Å²) in [5, 5.41) is 0. The predicted molar refractivity (Wildman–Crippen MR) is 137 cm³/mol. The fourth-order valence-corrected chi connectivity index (χ4v) is 5.49. The van der Waals surface area contributed by atoms with Crippen molar-refractivity contribution in [1.82, 2.24) is 14.3 Å². The number of pyridine rings is 1. The Kier molecular flexibility index (Phi) is 6.03. The van der Waals surface area contributed by atoms with Crippen molar-refractivity contribution in [2.24, 2.45) is 0 Å². The number of hydrogen-bond donors (Lipinski definition) is 0. The molecule has 3 aromatic rings. The molecule has 0 aliphatic carbocycles. The van der Waals surface area contributed by atoms with Crippen LogP contribution in [0.2, 0.25) is 0 Å². The second-order valence-corrected chi connectivity index (χ2v) is 10.1. The molecule has 0 N–H and O–H groups in total. The summed E-state index contributed by atoms with van der Waals surface area (Å²) in [7, 11) is 0. The average Bonchev–Trinajstić information content (AvgIpc) is 3.09. The van der Waals surface area contributed by atoms with Gasteiger partial charge in [0.1, 0.15) is 15.8 Å². The minimum atomic E-state index is -0.174. The Morgan fingerprint density at radius 2 is 1.82 bits per heavy atom. The smallest absolute Gasteiger partial charge is 0.267 e. The number of amides is 1. The van der Waals surface area contributed by atoms with E-state index in [1.54, 1.807) is 21.6 Å². The maximum atomic E-state index is 13.6. The van der Waals surface area contributed by atoms with Crippen LogP contribution in [-0.2, 0) is 11.3 Å². The average molecular weight is 477 g/mol. The zero-order chi connectivity index (χ0) is 22.9. The van der Waals surface area contributed by atoms with Crippen molar-refractivity contribution in [2.45, 2.75) is 32.7 Å². The van der Waals surface area contributed by atoms with E-state index < -0.39 is 0 Å². The summed E-state index contributed by atoms with van der Waals surface area (Å²) >= 11 is 6.76. The maximum absolute atomic E-state index is 13.6. The molecule has 2 aliphatic rings. The molecule has 1 amide bonds. The molecule has 2 saturated heterocycles. The Hall–Kier alpha value is -2.97. The number of rotatable bonds is 4. The first-order valence-corrected chi connectivity index (χ1v) is 12.3. The molecule has 5 rings (SSSR count). The van der Waals surface area contributed by atoms with Gasteiger partial charge in [-0.3, -0.25) is 18.9 Å². The summed E-state index contributed by atoms with van der Waals surface area (Å²) in [6, 6.07) is 13.6. The largest absolute Gasteiger partial charge is 0.356 e. The molecule has 33 heavy (non-hydrogen) atoms. The number of nitrogens with zero attached hydrogens (tertiary/aromatic N) is 4. The van der Waals surface area contributed by atoms with Crippen LogP contribution in [-0.4, -0.2) is 37.6 Å². The molecule has 2 aromatic heterocycles. The number of aryl methyl sites for hydroxylation is 1. The maximum Gasteiger partial charge on any atom is 0.267 e. The van der Waals surface area contributed by atoms with Crippen molar-refractivity contribution in [1.29, 1.82) is 0 Å². The number of piperidine rings is 1. The van der Waals surface area contributed by atoms with Gasteiger partial charge in [0.15, 0.2) is 0 Å². The summed E-state index contributed by atoms with van der Waals surface area (Å²) in [5.74, 6) is 0.476. The fraction of sp³-hybridized carbons (Fsp3) is 0.280. The number of aromatic nitrogens is 2. The third-order valence-corrected chi connectivity index (χ3v) is 7.35. The zero-order valence-electron chi connectivity index (χ0n) is 18.4. The number of fused-ring (bicyclic) bond motifs is 1. The van der Waals surface area contributed by atoms with Crippen LogP contribution in [0.15, 0.2) is 58.4 Å². The van der Waals surface area contributed by atoms with Gasteiger partial charge in [-0.2, -0.15) is 0 Å². The zero-order valence-corrected chi connectivity index (χ0v) is 20.0. The van der Waals surface area contributed by atoms with Crippen molar-refractivity contribution < 1.29 is 4.79 Å². The van der Waals surface area contributed by atoms with E-state index in [1.165, 1.54) is 18.2 Å². The lowest BCUT2D eigenvalue weighted by Crippen LogP contribution is -2.33. The number of hydrogen-bond acceptors (Lipinski definition) is 6. The Bertz CT molecular complexity index is 1330. The molecule has 168 valence electrons. The lowest BCUT2D eigenvalue weighted by molar-refractivity contribution is -0.122. The molecule has 6 nitrogen and oxygen atoms in total. The van der Waals surface area contributed by atoms with Crippen LogP contribution in [0.1, 0.15) is 36.0 Å². The number of benzene rings is 1. The topological polar surface area (TPSA) is 57.9 Å². The minimum absolute atomic E-state index is 0.169. The van der Waals surface area contributed by atoms with Crippen molar-refractivity contribution >= 4 is 51.7 Å². The molecular weight excluding hydrogens is 452 g/mol. The van der Waals surface area contributed by atoms with E-state index in [4.69, 9.17) is 17.2 Å². The quantitative estimate of drug-likeness (QED) is 0.411. The van der Waals surface area contributed by atoms with E-state index in [0.717, 1.165) is 37.1 Å². The van der Waals surface area contributed by atoms with Crippen LogP contribution in [0.3, 0.4) is 0 Å². The van der Waals surface area contributed by atoms with Crippen LogP contribution < -0.4 is 10.5 Å². The van der Waals surface area contributed by atoms with Gasteiger partial charge in [-0.1, -0.05) is 60.4 Å². The molecule has 8 heteroatoms. The Morgan fingerprint density at radius 3 is 2.58 bits per heavy atom. The van der Waals surface area contributed by atoms with Gasteiger partial charge in [0.25, 0.3) is 11.5 Å². The third kappa shape index (κ3) is 4.32. The van der Waals surface area contributed by atoms with Crippen LogP contribution in [0.4, 0.5) is 5.82 Å². The van der Waals surface area contributed by atoms with Gasteiger partial charge in [-0.15, -0.1) is 0 Å². The van der Waals surface area contributed by atoms with Crippen LogP contribution in [0.5, 0.6) is 0 Å². The first-order chi connectivity index (χ1) is 16.0. The molecule has 0 saturated carbocycles. The number of anilines is 1. The van der Waals surface area contributed by atoms with Crippen LogP contribution in [0.25, 0.3) is 11.7 Å². The lowest BCUT2D eigenvalue weighted by atomic mass is 10.1. The highest BCUT2D eigenvalue weighted by Crippen LogP contribution is 2.34. The number of carbonyl (C=O) groups excluding carboxylic acids is 1. The highest BCUT2D eigenvalue weighted by atomic mass is 32.2. The Labute approximate surface area is 201 Å². The summed E-state index contributed by atoms with van der Waals surface area (Å²) in [5.41, 5.74) is 2.86. The first kappa shape index (κ1) is 21.9. The van der Waals surface area contributed by atoms with Crippen LogP contribution >= 0.6 is 24.0 Å². The highest BCUT2D eigenvalue weighted by Gasteiger charge is 2.33. The first-order valence-electron chi connectivity index (χ1n) is 11.1. The Morgan fingerprint density at radius 1 is 1.06 bits per heavy atom. The normalized spacial score (nSPS) is 18.0. The van der Waals surface area contributed by atoms with Gasteiger partial charge in [-0.05, 0) is 49.5 Å². The van der Waals surface area contributed by atoms with E-state index in [-0.39, 0.29) is 11.5 Å². The standard InChI is InChI=1S/C25H24N4O2S2/c1-17-10-11-21-26-22(27-12-6-3-7-13-27)19(23(30)28(21)15-17)14-20-24(31)29(25(32)33-20)16-18-8-4-2-5-9-18/h2,4-5,8-11,14-15H,3,6-7,12-13,16H2,1H3/b20-14-. The van der Waals surface area contributed by atoms with Crippen molar-refractivity contribution in [3.8, 4) is 0 Å². The van der Waals surface area contributed by atoms with Gasteiger partial charge >= 0.3 is 0 Å². The highest BCUT2D eigenvalue weighted by molar-refractivity contribution is 8.26. The molecule has 0 atom stereocenters.